The molecule has 4 nitrogen and oxygen atoms in total. The van der Waals surface area contributed by atoms with E-state index in [1.54, 1.807) is 0 Å². The first-order valence-electron chi connectivity index (χ1n) is 5.56. The quantitative estimate of drug-likeness (QED) is 0.758. The molecule has 2 aromatic rings. The number of nitrogens with zero attached hydrogens (tertiary/aromatic N) is 1. The number of rotatable bonds is 2. The van der Waals surface area contributed by atoms with Gasteiger partial charge in [-0.3, -0.25) is 4.79 Å². The summed E-state index contributed by atoms with van der Waals surface area (Å²) in [6.45, 7) is 1.96. The van der Waals surface area contributed by atoms with Crippen molar-refractivity contribution in [3.63, 3.8) is 0 Å². The zero-order valence-corrected chi connectivity index (χ0v) is 14.3. The first kappa shape index (κ1) is 15.3. The number of carbonyl (C=O) groups excluding carboxylic acids is 1. The molecule has 1 heterocycles. The van der Waals surface area contributed by atoms with Crippen LogP contribution in [0.15, 0.2) is 33.3 Å². The Kier molecular flexibility index (Phi) is 4.67. The Balaban J connectivity index is 2.35. The minimum Gasteiger partial charge on any atom is -0.384 e. The lowest BCUT2D eigenvalue weighted by atomic mass is 10.2. The van der Waals surface area contributed by atoms with Crippen LogP contribution < -0.4 is 11.1 Å². The summed E-state index contributed by atoms with van der Waals surface area (Å²) in [6, 6.07) is 5.25. The van der Waals surface area contributed by atoms with E-state index in [2.05, 4.69) is 42.2 Å². The van der Waals surface area contributed by atoms with Crippen LogP contribution in [0.5, 0.6) is 0 Å². The number of nitrogens with one attached hydrogen (secondary N) is 1. The van der Waals surface area contributed by atoms with Crippen molar-refractivity contribution in [2.45, 2.75) is 6.92 Å². The van der Waals surface area contributed by atoms with E-state index < -0.39 is 0 Å². The molecule has 0 spiro atoms. The molecule has 3 N–H and O–H groups in total. The molecule has 0 radical (unpaired) electrons. The number of nitrogens with two attached hydrogens (primary N) is 1. The Hall–Kier alpha value is -1.11. The number of anilines is 2. The van der Waals surface area contributed by atoms with E-state index in [-0.39, 0.29) is 22.3 Å². The third kappa shape index (κ3) is 3.31. The second kappa shape index (κ2) is 6.11. The third-order valence-electron chi connectivity index (χ3n) is 2.55. The van der Waals surface area contributed by atoms with Crippen molar-refractivity contribution < 1.29 is 4.79 Å². The van der Waals surface area contributed by atoms with Crippen LogP contribution in [0.2, 0.25) is 5.02 Å². The summed E-state index contributed by atoms with van der Waals surface area (Å²) < 4.78 is 1.55. The smallest absolute Gasteiger partial charge is 0.257 e. The largest absolute Gasteiger partial charge is 0.384 e. The molecule has 1 amide bonds. The first-order chi connectivity index (χ1) is 9.38. The molecule has 2 rings (SSSR count). The molecule has 0 bridgehead atoms. The lowest BCUT2D eigenvalue weighted by molar-refractivity contribution is 0.102. The van der Waals surface area contributed by atoms with E-state index >= 15 is 0 Å². The van der Waals surface area contributed by atoms with Gasteiger partial charge in [-0.2, -0.15) is 0 Å². The van der Waals surface area contributed by atoms with Gasteiger partial charge in [-0.15, -0.1) is 0 Å². The van der Waals surface area contributed by atoms with Crippen LogP contribution in [0.25, 0.3) is 0 Å². The molecular formula is C13H10Br2ClN3O. The normalized spacial score (nSPS) is 10.4. The molecule has 1 aromatic carbocycles. The Labute approximate surface area is 138 Å². The summed E-state index contributed by atoms with van der Waals surface area (Å²) in [7, 11) is 0. The molecule has 0 saturated carbocycles. The topological polar surface area (TPSA) is 68.0 Å². The van der Waals surface area contributed by atoms with Gasteiger partial charge in [0.05, 0.1) is 16.3 Å². The van der Waals surface area contributed by atoms with Crippen molar-refractivity contribution >= 4 is 60.9 Å². The Morgan fingerprint density at radius 3 is 2.50 bits per heavy atom. The Bertz CT molecular complexity index is 668. The van der Waals surface area contributed by atoms with Crippen molar-refractivity contribution in [1.29, 1.82) is 0 Å². The standard InChI is InChI=1S/C13H10Br2ClN3O/c1-6-2-8(14)12(9(15)3-6)19-13(20)7-4-11(17)18-5-10(7)16/h2-5H,1H3,(H2,17,18)(H,19,20). The zero-order chi connectivity index (χ0) is 14.9. The second-order valence-corrected chi connectivity index (χ2v) is 6.26. The van der Waals surface area contributed by atoms with Crippen LogP contribution in [0, 0.1) is 6.92 Å². The fourth-order valence-electron chi connectivity index (χ4n) is 1.63. The average Bonchev–Trinajstić information content (AvgIpc) is 2.36. The van der Waals surface area contributed by atoms with E-state index in [9.17, 15) is 4.79 Å². The Morgan fingerprint density at radius 2 is 1.90 bits per heavy atom. The SMILES string of the molecule is Cc1cc(Br)c(NC(=O)c2cc(N)ncc2Cl)c(Br)c1. The number of hydrogen-bond acceptors (Lipinski definition) is 3. The number of nitrogen functional groups attached to an aromatic ring is 1. The molecule has 0 unspecified atom stereocenters. The number of aryl methyl sites for hydroxylation is 1. The number of carbonyl (C=O) groups is 1. The highest BCUT2D eigenvalue weighted by atomic mass is 79.9. The summed E-state index contributed by atoms with van der Waals surface area (Å²) in [4.78, 5) is 16.1. The fraction of sp³-hybridized carbons (Fsp3) is 0.0769. The lowest BCUT2D eigenvalue weighted by Gasteiger charge is -2.11. The maximum Gasteiger partial charge on any atom is 0.257 e. The number of benzene rings is 1. The highest BCUT2D eigenvalue weighted by molar-refractivity contribution is 9.11. The second-order valence-electron chi connectivity index (χ2n) is 4.15. The molecule has 0 saturated heterocycles. The van der Waals surface area contributed by atoms with E-state index in [0.717, 1.165) is 14.5 Å². The van der Waals surface area contributed by atoms with Crippen molar-refractivity contribution in [2.24, 2.45) is 0 Å². The van der Waals surface area contributed by atoms with Crippen LogP contribution in [0.3, 0.4) is 0 Å². The fourth-order valence-corrected chi connectivity index (χ4v) is 3.43. The summed E-state index contributed by atoms with van der Waals surface area (Å²) >= 11 is 12.8. The van der Waals surface area contributed by atoms with E-state index in [0.29, 0.717) is 5.69 Å². The predicted octanol–water partition coefficient (Wildman–Crippen LogP) is 4.40. The van der Waals surface area contributed by atoms with Gasteiger partial charge in [-0.05, 0) is 62.5 Å². The molecule has 104 valence electrons. The summed E-state index contributed by atoms with van der Waals surface area (Å²) in [5.74, 6) is -0.115. The number of pyridine rings is 1. The lowest BCUT2D eigenvalue weighted by Crippen LogP contribution is -2.14. The first-order valence-corrected chi connectivity index (χ1v) is 7.53. The maximum atomic E-state index is 12.3. The number of aromatic nitrogens is 1. The summed E-state index contributed by atoms with van der Waals surface area (Å²) in [5, 5.41) is 3.04. The summed E-state index contributed by atoms with van der Waals surface area (Å²) in [5.41, 5.74) is 7.54. The van der Waals surface area contributed by atoms with Crippen LogP contribution in [-0.2, 0) is 0 Å². The van der Waals surface area contributed by atoms with Gasteiger partial charge in [0.25, 0.3) is 5.91 Å². The van der Waals surface area contributed by atoms with Gasteiger partial charge in [0.15, 0.2) is 0 Å². The predicted molar refractivity (Wildman–Crippen MR) is 88.2 cm³/mol. The molecule has 20 heavy (non-hydrogen) atoms. The molecule has 0 atom stereocenters. The van der Waals surface area contributed by atoms with Crippen LogP contribution >= 0.6 is 43.5 Å². The van der Waals surface area contributed by atoms with Gasteiger partial charge in [0.1, 0.15) is 5.82 Å². The van der Waals surface area contributed by atoms with Crippen molar-refractivity contribution in [2.75, 3.05) is 11.1 Å². The van der Waals surface area contributed by atoms with Crippen molar-refractivity contribution in [1.82, 2.24) is 4.98 Å². The van der Waals surface area contributed by atoms with Crippen LogP contribution in [0.4, 0.5) is 11.5 Å². The van der Waals surface area contributed by atoms with E-state index in [4.69, 9.17) is 17.3 Å². The van der Waals surface area contributed by atoms with Crippen molar-refractivity contribution in [3.8, 4) is 0 Å². The number of halogens is 3. The van der Waals surface area contributed by atoms with Crippen LogP contribution in [0.1, 0.15) is 15.9 Å². The van der Waals surface area contributed by atoms with Gasteiger partial charge < -0.3 is 11.1 Å². The molecular weight excluding hydrogens is 409 g/mol. The average molecular weight is 420 g/mol. The van der Waals surface area contributed by atoms with E-state index in [1.807, 2.05) is 19.1 Å². The minimum absolute atomic E-state index is 0.238. The van der Waals surface area contributed by atoms with Gasteiger partial charge in [-0.25, -0.2) is 4.98 Å². The monoisotopic (exact) mass is 417 g/mol. The van der Waals surface area contributed by atoms with Gasteiger partial charge in [0, 0.05) is 15.1 Å². The maximum absolute atomic E-state index is 12.3. The van der Waals surface area contributed by atoms with Gasteiger partial charge >= 0.3 is 0 Å². The van der Waals surface area contributed by atoms with E-state index in [1.165, 1.54) is 12.3 Å². The molecule has 0 aliphatic carbocycles. The summed E-state index contributed by atoms with van der Waals surface area (Å²) in [6.07, 6.45) is 1.35. The molecule has 1 aromatic heterocycles. The highest BCUT2D eigenvalue weighted by Crippen LogP contribution is 2.33. The highest BCUT2D eigenvalue weighted by Gasteiger charge is 2.15. The van der Waals surface area contributed by atoms with Crippen LogP contribution in [-0.4, -0.2) is 10.9 Å². The number of amides is 1. The third-order valence-corrected chi connectivity index (χ3v) is 4.10. The molecule has 0 aliphatic heterocycles. The van der Waals surface area contributed by atoms with Gasteiger partial charge in [0.2, 0.25) is 0 Å². The molecule has 0 aliphatic rings. The molecule has 7 heteroatoms. The molecule has 0 fully saturated rings. The zero-order valence-electron chi connectivity index (χ0n) is 10.4. The van der Waals surface area contributed by atoms with Crippen molar-refractivity contribution in [3.05, 3.63) is 49.5 Å². The number of hydrogen-bond donors (Lipinski definition) is 2. The Morgan fingerprint density at radius 1 is 1.30 bits per heavy atom. The van der Waals surface area contributed by atoms with Gasteiger partial charge in [-0.1, -0.05) is 11.6 Å². The minimum atomic E-state index is -0.352.